The molecule has 2 heterocycles. The molecule has 0 N–H and O–H groups in total. The van der Waals surface area contributed by atoms with Crippen LogP contribution in [0.15, 0.2) is 10.7 Å². The molecule has 0 aliphatic carbocycles. The summed E-state index contributed by atoms with van der Waals surface area (Å²) < 4.78 is 5.18. The van der Waals surface area contributed by atoms with Gasteiger partial charge in [-0.1, -0.05) is 0 Å². The number of anilines is 1. The topological polar surface area (TPSA) is 46.3 Å². The smallest absolute Gasteiger partial charge is 0.297 e. The molecule has 0 bridgehead atoms. The molecule has 0 radical (unpaired) electrons. The van der Waals surface area contributed by atoms with Crippen LogP contribution in [0.2, 0.25) is 0 Å². The van der Waals surface area contributed by atoms with Crippen LogP contribution in [-0.2, 0) is 0 Å². The fourth-order valence-corrected chi connectivity index (χ4v) is 1.56. The van der Waals surface area contributed by atoms with Crippen LogP contribution < -0.4 is 4.90 Å². The molecule has 4 nitrogen and oxygen atoms in total. The SMILES string of the molecule is O=Cc1coc(N2CCCCC2)n1. The number of oxazole rings is 1. The molecule has 1 aliphatic heterocycles. The van der Waals surface area contributed by atoms with Crippen molar-refractivity contribution in [2.45, 2.75) is 19.3 Å². The molecule has 4 heteroatoms. The summed E-state index contributed by atoms with van der Waals surface area (Å²) in [6.45, 7) is 1.97. The Labute approximate surface area is 76.6 Å². The van der Waals surface area contributed by atoms with Crippen LogP contribution in [0.5, 0.6) is 0 Å². The molecule has 1 aliphatic rings. The Kier molecular flexibility index (Phi) is 2.29. The second-order valence-corrected chi connectivity index (χ2v) is 3.22. The molecule has 13 heavy (non-hydrogen) atoms. The van der Waals surface area contributed by atoms with E-state index in [-0.39, 0.29) is 0 Å². The van der Waals surface area contributed by atoms with E-state index in [1.165, 1.54) is 25.5 Å². The first-order valence-electron chi connectivity index (χ1n) is 4.56. The maximum absolute atomic E-state index is 10.4. The normalized spacial score (nSPS) is 17.4. The Balaban J connectivity index is 2.09. The van der Waals surface area contributed by atoms with Gasteiger partial charge in [-0.3, -0.25) is 4.79 Å². The molecule has 0 amide bonds. The monoisotopic (exact) mass is 180 g/mol. The largest absolute Gasteiger partial charge is 0.431 e. The molecule has 2 rings (SSSR count). The molecule has 1 aromatic heterocycles. The summed E-state index contributed by atoms with van der Waals surface area (Å²) in [7, 11) is 0. The van der Waals surface area contributed by atoms with Gasteiger partial charge in [-0.2, -0.15) is 4.98 Å². The van der Waals surface area contributed by atoms with Gasteiger partial charge in [-0.25, -0.2) is 0 Å². The Morgan fingerprint density at radius 2 is 2.15 bits per heavy atom. The molecule has 0 spiro atoms. The van der Waals surface area contributed by atoms with Crippen LogP contribution in [0.3, 0.4) is 0 Å². The summed E-state index contributed by atoms with van der Waals surface area (Å²) in [5, 5.41) is 0. The van der Waals surface area contributed by atoms with Crippen molar-refractivity contribution in [1.82, 2.24) is 4.98 Å². The number of aldehydes is 1. The molecule has 70 valence electrons. The van der Waals surface area contributed by atoms with E-state index < -0.39 is 0 Å². The highest BCUT2D eigenvalue weighted by molar-refractivity contribution is 5.71. The van der Waals surface area contributed by atoms with E-state index in [4.69, 9.17) is 4.42 Å². The first kappa shape index (κ1) is 8.29. The van der Waals surface area contributed by atoms with Gasteiger partial charge < -0.3 is 9.32 Å². The zero-order valence-corrected chi connectivity index (χ0v) is 7.40. The van der Waals surface area contributed by atoms with E-state index in [1.54, 1.807) is 0 Å². The van der Waals surface area contributed by atoms with Gasteiger partial charge in [0.15, 0.2) is 6.29 Å². The summed E-state index contributed by atoms with van der Waals surface area (Å²) in [4.78, 5) is 16.5. The minimum atomic E-state index is 0.376. The summed E-state index contributed by atoms with van der Waals surface area (Å²) in [5.74, 6) is 0. The van der Waals surface area contributed by atoms with Gasteiger partial charge >= 0.3 is 0 Å². The lowest BCUT2D eigenvalue weighted by atomic mass is 10.1. The molecule has 0 unspecified atom stereocenters. The van der Waals surface area contributed by atoms with E-state index in [1.807, 2.05) is 0 Å². The van der Waals surface area contributed by atoms with Crippen molar-refractivity contribution in [2.24, 2.45) is 0 Å². The van der Waals surface area contributed by atoms with Crippen molar-refractivity contribution >= 4 is 12.3 Å². The number of rotatable bonds is 2. The zero-order chi connectivity index (χ0) is 9.10. The first-order chi connectivity index (χ1) is 6.40. The van der Waals surface area contributed by atoms with Gasteiger partial charge in [0.2, 0.25) is 0 Å². The number of carbonyl (C=O) groups excluding carboxylic acids is 1. The lowest BCUT2D eigenvalue weighted by Gasteiger charge is -2.24. The summed E-state index contributed by atoms with van der Waals surface area (Å²) in [6, 6.07) is 0.585. The molecular weight excluding hydrogens is 168 g/mol. The Morgan fingerprint density at radius 1 is 1.38 bits per heavy atom. The third-order valence-electron chi connectivity index (χ3n) is 2.26. The highest BCUT2D eigenvalue weighted by Gasteiger charge is 2.15. The molecule has 0 saturated carbocycles. The van der Waals surface area contributed by atoms with Crippen LogP contribution in [0, 0.1) is 0 Å². The third-order valence-corrected chi connectivity index (χ3v) is 2.26. The van der Waals surface area contributed by atoms with E-state index in [2.05, 4.69) is 9.88 Å². The minimum absolute atomic E-state index is 0.376. The third kappa shape index (κ3) is 1.71. The van der Waals surface area contributed by atoms with Crippen molar-refractivity contribution in [3.63, 3.8) is 0 Å². The molecule has 0 aromatic carbocycles. The summed E-state index contributed by atoms with van der Waals surface area (Å²) in [5.41, 5.74) is 0.376. The maximum Gasteiger partial charge on any atom is 0.297 e. The van der Waals surface area contributed by atoms with Gasteiger partial charge in [0.05, 0.1) is 0 Å². The zero-order valence-electron chi connectivity index (χ0n) is 7.40. The number of hydrogen-bond donors (Lipinski definition) is 0. The maximum atomic E-state index is 10.4. The van der Waals surface area contributed by atoms with E-state index in [9.17, 15) is 4.79 Å². The second-order valence-electron chi connectivity index (χ2n) is 3.22. The molecule has 1 saturated heterocycles. The van der Waals surface area contributed by atoms with Crippen molar-refractivity contribution in [3.8, 4) is 0 Å². The molecule has 1 fully saturated rings. The van der Waals surface area contributed by atoms with Crippen molar-refractivity contribution in [3.05, 3.63) is 12.0 Å². The van der Waals surface area contributed by atoms with E-state index >= 15 is 0 Å². The van der Waals surface area contributed by atoms with E-state index in [0.29, 0.717) is 18.0 Å². The predicted octanol–water partition coefficient (Wildman–Crippen LogP) is 1.48. The minimum Gasteiger partial charge on any atom is -0.431 e. The molecule has 0 atom stereocenters. The van der Waals surface area contributed by atoms with E-state index in [0.717, 1.165) is 13.1 Å². The van der Waals surface area contributed by atoms with Crippen LogP contribution in [0.25, 0.3) is 0 Å². The Bertz CT molecular complexity index is 290. The summed E-state index contributed by atoms with van der Waals surface area (Å²) in [6.07, 6.45) is 5.74. The van der Waals surface area contributed by atoms with Gasteiger partial charge in [0.1, 0.15) is 12.0 Å². The number of hydrogen-bond acceptors (Lipinski definition) is 4. The molecule has 1 aromatic rings. The highest BCUT2D eigenvalue weighted by Crippen LogP contribution is 2.18. The predicted molar refractivity (Wildman–Crippen MR) is 48.0 cm³/mol. The van der Waals surface area contributed by atoms with Gasteiger partial charge in [0.25, 0.3) is 6.01 Å². The fraction of sp³-hybridized carbons (Fsp3) is 0.556. The first-order valence-corrected chi connectivity index (χ1v) is 4.56. The Morgan fingerprint density at radius 3 is 2.77 bits per heavy atom. The number of aromatic nitrogens is 1. The van der Waals surface area contributed by atoms with Crippen LogP contribution in [-0.4, -0.2) is 24.4 Å². The fourth-order valence-electron chi connectivity index (χ4n) is 1.56. The average Bonchev–Trinajstić information content (AvgIpc) is 2.67. The van der Waals surface area contributed by atoms with Crippen molar-refractivity contribution < 1.29 is 9.21 Å². The number of carbonyl (C=O) groups is 1. The van der Waals surface area contributed by atoms with Gasteiger partial charge in [-0.05, 0) is 19.3 Å². The lowest BCUT2D eigenvalue weighted by Crippen LogP contribution is -2.29. The van der Waals surface area contributed by atoms with Crippen LogP contribution in [0.4, 0.5) is 6.01 Å². The van der Waals surface area contributed by atoms with Gasteiger partial charge in [-0.15, -0.1) is 0 Å². The van der Waals surface area contributed by atoms with Crippen LogP contribution >= 0.6 is 0 Å². The number of piperidine rings is 1. The standard InChI is InChI=1S/C9H12N2O2/c12-6-8-7-13-9(10-8)11-4-2-1-3-5-11/h6-7H,1-5H2. The molecular formula is C9H12N2O2. The Hall–Kier alpha value is -1.32. The highest BCUT2D eigenvalue weighted by atomic mass is 16.4. The van der Waals surface area contributed by atoms with Crippen molar-refractivity contribution in [1.29, 1.82) is 0 Å². The van der Waals surface area contributed by atoms with Crippen LogP contribution in [0.1, 0.15) is 29.8 Å². The van der Waals surface area contributed by atoms with Crippen molar-refractivity contribution in [2.75, 3.05) is 18.0 Å². The van der Waals surface area contributed by atoms with Gasteiger partial charge in [0, 0.05) is 13.1 Å². The summed E-state index contributed by atoms with van der Waals surface area (Å²) >= 11 is 0. The average molecular weight is 180 g/mol. The number of nitrogens with zero attached hydrogens (tertiary/aromatic N) is 2. The second kappa shape index (κ2) is 3.60. The lowest BCUT2D eigenvalue weighted by molar-refractivity contribution is 0.111. The quantitative estimate of drug-likeness (QED) is 0.647.